The minimum Gasteiger partial charge on any atom is -0.489 e. The van der Waals surface area contributed by atoms with E-state index in [1.54, 1.807) is 18.1 Å². The molecule has 0 radical (unpaired) electrons. The van der Waals surface area contributed by atoms with Crippen molar-refractivity contribution >= 4 is 34.2 Å². The number of hydrogen-bond donors (Lipinski definition) is 0. The van der Waals surface area contributed by atoms with Crippen LogP contribution in [0.4, 0.5) is 4.39 Å². The molecule has 0 unspecified atom stereocenters. The zero-order valence-corrected chi connectivity index (χ0v) is 16.5. The van der Waals surface area contributed by atoms with Crippen molar-refractivity contribution in [3.63, 3.8) is 0 Å². The van der Waals surface area contributed by atoms with Crippen LogP contribution in [0, 0.1) is 5.82 Å². The summed E-state index contributed by atoms with van der Waals surface area (Å²) in [6.07, 6.45) is 0.520. The molecule has 4 nitrogen and oxygen atoms in total. The van der Waals surface area contributed by atoms with Gasteiger partial charge >= 0.3 is 0 Å². The first-order chi connectivity index (χ1) is 13.1. The molecule has 1 aliphatic heterocycles. The van der Waals surface area contributed by atoms with E-state index in [0.29, 0.717) is 29.6 Å². The number of methoxy groups -OCH3 is 1. The number of halogens is 1. The Bertz CT molecular complexity index is 830. The van der Waals surface area contributed by atoms with Crippen LogP contribution in [-0.2, 0) is 22.6 Å². The van der Waals surface area contributed by atoms with E-state index in [1.165, 1.54) is 23.9 Å². The number of rotatable bonds is 8. The zero-order valence-electron chi connectivity index (χ0n) is 14.9. The molecule has 142 valence electrons. The molecule has 1 aliphatic rings. The van der Waals surface area contributed by atoms with Gasteiger partial charge in [-0.2, -0.15) is 0 Å². The van der Waals surface area contributed by atoms with Crippen molar-refractivity contribution in [2.45, 2.75) is 18.3 Å². The van der Waals surface area contributed by atoms with Gasteiger partial charge in [-0.15, -0.1) is 0 Å². The highest BCUT2D eigenvalue weighted by Crippen LogP contribution is 2.32. The summed E-state index contributed by atoms with van der Waals surface area (Å²) >= 11 is 6.73. The monoisotopic (exact) mass is 405 g/mol. The van der Waals surface area contributed by atoms with Crippen molar-refractivity contribution in [3.05, 3.63) is 65.5 Å². The average molecular weight is 406 g/mol. The normalized spacial score (nSPS) is 16.8. The lowest BCUT2D eigenvalue weighted by Crippen LogP contribution is -2.34. The number of carbonyl (C=O) groups is 1. The zero-order chi connectivity index (χ0) is 19.2. The van der Waals surface area contributed by atoms with Gasteiger partial charge in [0.2, 0.25) is 5.91 Å². The molecule has 2 aromatic carbocycles. The standard InChI is InChI=1S/C20H20FNO3S2/c1-24-10-9-22-19(23)18(27-20(22)26)12-15-6-2-3-8-17(15)25-13-14-5-4-7-16(21)11-14/h2-8,11,18H,9-10,12-13H2,1H3/t18-/m1/s1. The summed E-state index contributed by atoms with van der Waals surface area (Å²) in [5.74, 6) is 0.403. The second-order valence-electron chi connectivity index (χ2n) is 6.09. The third kappa shape index (κ3) is 5.06. The van der Waals surface area contributed by atoms with Crippen LogP contribution >= 0.6 is 24.0 Å². The van der Waals surface area contributed by atoms with E-state index in [-0.39, 0.29) is 23.6 Å². The van der Waals surface area contributed by atoms with Gasteiger partial charge in [0.1, 0.15) is 22.5 Å². The predicted molar refractivity (Wildman–Crippen MR) is 108 cm³/mol. The van der Waals surface area contributed by atoms with Gasteiger partial charge in [-0.1, -0.05) is 54.3 Å². The van der Waals surface area contributed by atoms with Crippen LogP contribution < -0.4 is 4.74 Å². The van der Waals surface area contributed by atoms with Gasteiger partial charge in [-0.3, -0.25) is 9.69 Å². The summed E-state index contributed by atoms with van der Waals surface area (Å²) < 4.78 is 24.8. The van der Waals surface area contributed by atoms with Gasteiger partial charge < -0.3 is 9.47 Å². The first-order valence-corrected chi connectivity index (χ1v) is 9.83. The molecular formula is C20H20FNO3S2. The second kappa shape index (κ2) is 9.30. The molecule has 0 spiro atoms. The minimum absolute atomic E-state index is 0.00184. The maximum Gasteiger partial charge on any atom is 0.242 e. The molecule has 0 aromatic heterocycles. The SMILES string of the molecule is COCCN1C(=O)[C@@H](Cc2ccccc2OCc2cccc(F)c2)SC1=S. The molecule has 3 rings (SSSR count). The summed E-state index contributed by atoms with van der Waals surface area (Å²) in [6, 6.07) is 13.9. The third-order valence-electron chi connectivity index (χ3n) is 4.19. The predicted octanol–water partition coefficient (Wildman–Crippen LogP) is 3.82. The highest BCUT2D eigenvalue weighted by molar-refractivity contribution is 8.24. The summed E-state index contributed by atoms with van der Waals surface area (Å²) in [7, 11) is 1.60. The minimum atomic E-state index is -0.290. The molecule has 1 heterocycles. The number of thioether (sulfide) groups is 1. The maximum absolute atomic E-state index is 13.3. The number of amides is 1. The molecule has 7 heteroatoms. The molecule has 0 saturated carbocycles. The Kier molecular flexibility index (Phi) is 6.82. The van der Waals surface area contributed by atoms with Crippen molar-refractivity contribution in [2.75, 3.05) is 20.3 Å². The maximum atomic E-state index is 13.3. The fourth-order valence-corrected chi connectivity index (χ4v) is 4.39. The van der Waals surface area contributed by atoms with Gasteiger partial charge in [-0.05, 0) is 35.7 Å². The van der Waals surface area contributed by atoms with Crippen LogP contribution in [0.25, 0.3) is 0 Å². The highest BCUT2D eigenvalue weighted by Gasteiger charge is 2.36. The Morgan fingerprint density at radius 1 is 1.22 bits per heavy atom. The molecular weight excluding hydrogens is 385 g/mol. The molecule has 27 heavy (non-hydrogen) atoms. The van der Waals surface area contributed by atoms with E-state index >= 15 is 0 Å². The van der Waals surface area contributed by atoms with Crippen LogP contribution in [-0.4, -0.2) is 40.6 Å². The van der Waals surface area contributed by atoms with Crippen LogP contribution in [0.1, 0.15) is 11.1 Å². The van der Waals surface area contributed by atoms with Gasteiger partial charge in [0.15, 0.2) is 0 Å². The van der Waals surface area contributed by atoms with E-state index < -0.39 is 0 Å². The number of carbonyl (C=O) groups excluding carboxylic acids is 1. The largest absolute Gasteiger partial charge is 0.489 e. The van der Waals surface area contributed by atoms with E-state index in [9.17, 15) is 9.18 Å². The topological polar surface area (TPSA) is 38.8 Å². The summed E-state index contributed by atoms with van der Waals surface area (Å²) in [4.78, 5) is 14.2. The fraction of sp³-hybridized carbons (Fsp3) is 0.300. The molecule has 1 atom stereocenters. The first kappa shape index (κ1) is 19.8. The fourth-order valence-electron chi connectivity index (χ4n) is 2.81. The number of hydrogen-bond acceptors (Lipinski definition) is 5. The van der Waals surface area contributed by atoms with Gasteiger partial charge in [0, 0.05) is 7.11 Å². The van der Waals surface area contributed by atoms with E-state index in [2.05, 4.69) is 0 Å². The summed E-state index contributed by atoms with van der Waals surface area (Å²) in [5.41, 5.74) is 1.68. The molecule has 1 fully saturated rings. The van der Waals surface area contributed by atoms with Crippen molar-refractivity contribution in [2.24, 2.45) is 0 Å². The number of ether oxygens (including phenoxy) is 2. The quantitative estimate of drug-likeness (QED) is 0.625. The lowest BCUT2D eigenvalue weighted by molar-refractivity contribution is -0.126. The second-order valence-corrected chi connectivity index (χ2v) is 7.92. The van der Waals surface area contributed by atoms with Crippen molar-refractivity contribution < 1.29 is 18.7 Å². The van der Waals surface area contributed by atoms with E-state index in [1.807, 2.05) is 30.3 Å². The van der Waals surface area contributed by atoms with Crippen LogP contribution in [0.5, 0.6) is 5.75 Å². The molecule has 1 amide bonds. The third-order valence-corrected chi connectivity index (χ3v) is 5.77. The lowest BCUT2D eigenvalue weighted by atomic mass is 10.1. The molecule has 0 aliphatic carbocycles. The van der Waals surface area contributed by atoms with Crippen molar-refractivity contribution in [3.8, 4) is 5.75 Å². The molecule has 2 aromatic rings. The van der Waals surface area contributed by atoms with Crippen LogP contribution in [0.15, 0.2) is 48.5 Å². The van der Waals surface area contributed by atoms with E-state index in [0.717, 1.165) is 11.1 Å². The van der Waals surface area contributed by atoms with Crippen molar-refractivity contribution in [1.29, 1.82) is 0 Å². The van der Waals surface area contributed by atoms with Gasteiger partial charge in [0.25, 0.3) is 0 Å². The summed E-state index contributed by atoms with van der Waals surface area (Å²) in [6.45, 7) is 1.18. The Morgan fingerprint density at radius 3 is 2.81 bits per heavy atom. The molecule has 1 saturated heterocycles. The summed E-state index contributed by atoms with van der Waals surface area (Å²) in [5, 5.41) is -0.270. The first-order valence-electron chi connectivity index (χ1n) is 8.54. The number of thiocarbonyl (C=S) groups is 1. The molecule has 0 bridgehead atoms. The highest BCUT2D eigenvalue weighted by atomic mass is 32.2. The van der Waals surface area contributed by atoms with Crippen molar-refractivity contribution in [1.82, 2.24) is 4.90 Å². The Balaban J connectivity index is 1.67. The van der Waals surface area contributed by atoms with Crippen LogP contribution in [0.3, 0.4) is 0 Å². The smallest absolute Gasteiger partial charge is 0.242 e. The van der Waals surface area contributed by atoms with Gasteiger partial charge in [0.05, 0.1) is 18.4 Å². The average Bonchev–Trinajstić information content (AvgIpc) is 2.92. The van der Waals surface area contributed by atoms with E-state index in [4.69, 9.17) is 21.7 Å². The molecule has 0 N–H and O–H groups in total. The Morgan fingerprint density at radius 2 is 2.04 bits per heavy atom. The van der Waals surface area contributed by atoms with Gasteiger partial charge in [-0.25, -0.2) is 4.39 Å². The number of nitrogens with zero attached hydrogens (tertiary/aromatic N) is 1. The number of benzene rings is 2. The lowest BCUT2D eigenvalue weighted by Gasteiger charge is -2.16. The number of para-hydroxylation sites is 1. The van der Waals surface area contributed by atoms with Crippen LogP contribution in [0.2, 0.25) is 0 Å². The Labute approximate surface area is 167 Å². The Hall–Kier alpha value is -1.96.